The standard InChI is InChI=1S/C22H22ClF3N2O5S/c1-14-2-4-17(12-16(14)13-21(30)31)34(32,33)28-8-6-27(7-9-28)20(29)11-15-3-5-18(19(23)10-15)22(24,25)26/h2-5,10,12H,6-9,11,13H2,1H3,(H,30,31). The predicted molar refractivity (Wildman–Crippen MR) is 118 cm³/mol. The summed E-state index contributed by atoms with van der Waals surface area (Å²) >= 11 is 5.71. The number of aryl methyl sites for hydroxylation is 1. The maximum Gasteiger partial charge on any atom is 0.417 e. The molecule has 0 saturated carbocycles. The van der Waals surface area contributed by atoms with Gasteiger partial charge in [-0.1, -0.05) is 23.7 Å². The number of piperazine rings is 1. The van der Waals surface area contributed by atoms with Crippen LogP contribution < -0.4 is 0 Å². The molecule has 2 aromatic carbocycles. The molecule has 7 nitrogen and oxygen atoms in total. The SMILES string of the molecule is Cc1ccc(S(=O)(=O)N2CCN(C(=O)Cc3ccc(C(F)(F)F)c(Cl)c3)CC2)cc1CC(=O)O. The third-order valence-electron chi connectivity index (χ3n) is 5.59. The number of alkyl halides is 3. The Morgan fingerprint density at radius 3 is 2.24 bits per heavy atom. The molecule has 12 heteroatoms. The monoisotopic (exact) mass is 518 g/mol. The zero-order valence-corrected chi connectivity index (χ0v) is 19.7. The largest absolute Gasteiger partial charge is 0.481 e. The van der Waals surface area contributed by atoms with Crippen molar-refractivity contribution in [3.05, 3.63) is 63.7 Å². The number of carboxylic acids is 1. The molecule has 1 amide bonds. The van der Waals surface area contributed by atoms with Gasteiger partial charge in [0.1, 0.15) is 0 Å². The number of benzene rings is 2. The number of carbonyl (C=O) groups excluding carboxylic acids is 1. The van der Waals surface area contributed by atoms with Gasteiger partial charge in [-0.2, -0.15) is 17.5 Å². The predicted octanol–water partition coefficient (Wildman–Crippen LogP) is 3.37. The van der Waals surface area contributed by atoms with E-state index in [0.717, 1.165) is 12.1 Å². The van der Waals surface area contributed by atoms with Gasteiger partial charge in [-0.15, -0.1) is 0 Å². The van der Waals surface area contributed by atoms with Gasteiger partial charge in [-0.25, -0.2) is 8.42 Å². The van der Waals surface area contributed by atoms with Crippen molar-refractivity contribution in [3.8, 4) is 0 Å². The van der Waals surface area contributed by atoms with Crippen LogP contribution in [0.1, 0.15) is 22.3 Å². The van der Waals surface area contributed by atoms with Crippen LogP contribution in [0, 0.1) is 6.92 Å². The van der Waals surface area contributed by atoms with Gasteiger partial charge in [0.15, 0.2) is 0 Å². The maximum atomic E-state index is 13.0. The number of hydrogen-bond donors (Lipinski definition) is 1. The number of rotatable bonds is 6. The molecule has 34 heavy (non-hydrogen) atoms. The molecule has 1 heterocycles. The zero-order valence-electron chi connectivity index (χ0n) is 18.1. The van der Waals surface area contributed by atoms with Crippen molar-refractivity contribution in [1.82, 2.24) is 9.21 Å². The first kappa shape index (κ1) is 26.0. The number of hydrogen-bond acceptors (Lipinski definition) is 4. The van der Waals surface area contributed by atoms with E-state index in [1.807, 2.05) is 0 Å². The van der Waals surface area contributed by atoms with Gasteiger partial charge in [-0.05, 0) is 47.9 Å². The average Bonchev–Trinajstić information content (AvgIpc) is 2.74. The minimum Gasteiger partial charge on any atom is -0.481 e. The van der Waals surface area contributed by atoms with Crippen LogP contribution in [0.25, 0.3) is 0 Å². The molecular weight excluding hydrogens is 497 g/mol. The molecule has 0 unspecified atom stereocenters. The lowest BCUT2D eigenvalue weighted by molar-refractivity contribution is -0.138. The summed E-state index contributed by atoms with van der Waals surface area (Å²) in [7, 11) is -3.89. The molecule has 1 fully saturated rings. The fraction of sp³-hybridized carbons (Fsp3) is 0.364. The van der Waals surface area contributed by atoms with Crippen LogP contribution in [0.15, 0.2) is 41.3 Å². The number of carboxylic acid groups (broad SMARTS) is 1. The van der Waals surface area contributed by atoms with E-state index in [4.69, 9.17) is 16.7 Å². The normalized spacial score (nSPS) is 15.4. The van der Waals surface area contributed by atoms with Crippen molar-refractivity contribution in [2.24, 2.45) is 0 Å². The fourth-order valence-electron chi connectivity index (χ4n) is 3.67. The molecule has 1 N–H and O–H groups in total. The van der Waals surface area contributed by atoms with Crippen LogP contribution in [-0.2, 0) is 38.6 Å². The molecule has 3 rings (SSSR count). The van der Waals surface area contributed by atoms with E-state index in [-0.39, 0.29) is 49.8 Å². The van der Waals surface area contributed by atoms with Gasteiger partial charge in [0, 0.05) is 26.2 Å². The van der Waals surface area contributed by atoms with E-state index in [9.17, 15) is 31.2 Å². The Labute approximate surface area is 199 Å². The van der Waals surface area contributed by atoms with Crippen molar-refractivity contribution < 1.29 is 36.3 Å². The Bertz CT molecular complexity index is 1210. The van der Waals surface area contributed by atoms with Crippen LogP contribution in [0.3, 0.4) is 0 Å². The Kier molecular flexibility index (Phi) is 7.59. The van der Waals surface area contributed by atoms with Crippen LogP contribution in [0.2, 0.25) is 5.02 Å². The number of carbonyl (C=O) groups is 2. The van der Waals surface area contributed by atoms with Crippen molar-refractivity contribution >= 4 is 33.5 Å². The number of amides is 1. The first-order valence-corrected chi connectivity index (χ1v) is 12.1. The van der Waals surface area contributed by atoms with E-state index in [1.54, 1.807) is 13.0 Å². The average molecular weight is 519 g/mol. The molecule has 0 spiro atoms. The molecule has 1 aliphatic rings. The Balaban J connectivity index is 1.65. The first-order chi connectivity index (χ1) is 15.8. The molecule has 1 aliphatic heterocycles. The molecule has 0 aromatic heterocycles. The highest BCUT2D eigenvalue weighted by atomic mass is 35.5. The second-order valence-corrected chi connectivity index (χ2v) is 10.3. The van der Waals surface area contributed by atoms with E-state index in [0.29, 0.717) is 16.7 Å². The lowest BCUT2D eigenvalue weighted by atomic mass is 10.1. The topological polar surface area (TPSA) is 95.0 Å². The van der Waals surface area contributed by atoms with Crippen molar-refractivity contribution in [2.75, 3.05) is 26.2 Å². The molecule has 0 atom stereocenters. The highest BCUT2D eigenvalue weighted by Gasteiger charge is 2.34. The van der Waals surface area contributed by atoms with Crippen molar-refractivity contribution in [3.63, 3.8) is 0 Å². The minimum absolute atomic E-state index is 0.0199. The molecule has 0 aliphatic carbocycles. The van der Waals surface area contributed by atoms with E-state index in [1.165, 1.54) is 27.4 Å². The van der Waals surface area contributed by atoms with E-state index in [2.05, 4.69) is 0 Å². The number of halogens is 4. The van der Waals surface area contributed by atoms with E-state index >= 15 is 0 Å². The molecule has 1 saturated heterocycles. The second kappa shape index (κ2) is 9.93. The van der Waals surface area contributed by atoms with Crippen LogP contribution in [0.5, 0.6) is 0 Å². The summed E-state index contributed by atoms with van der Waals surface area (Å²) in [4.78, 5) is 25.1. The van der Waals surface area contributed by atoms with Gasteiger partial charge in [0.2, 0.25) is 15.9 Å². The first-order valence-electron chi connectivity index (χ1n) is 10.2. The summed E-state index contributed by atoms with van der Waals surface area (Å²) in [6, 6.07) is 7.46. The summed E-state index contributed by atoms with van der Waals surface area (Å²) in [6.07, 6.45) is -5.06. The van der Waals surface area contributed by atoms with Gasteiger partial charge in [0.25, 0.3) is 0 Å². The third kappa shape index (κ3) is 5.89. The van der Waals surface area contributed by atoms with Gasteiger partial charge >= 0.3 is 12.1 Å². The van der Waals surface area contributed by atoms with Gasteiger partial charge in [0.05, 0.1) is 28.3 Å². The molecule has 2 aromatic rings. The van der Waals surface area contributed by atoms with Crippen molar-refractivity contribution in [2.45, 2.75) is 30.8 Å². The van der Waals surface area contributed by atoms with Crippen LogP contribution in [0.4, 0.5) is 13.2 Å². The Hall–Kier alpha value is -2.63. The zero-order chi connectivity index (χ0) is 25.3. The molecule has 184 valence electrons. The number of sulfonamides is 1. The van der Waals surface area contributed by atoms with Gasteiger partial charge in [-0.3, -0.25) is 9.59 Å². The summed E-state index contributed by atoms with van der Waals surface area (Å²) < 4.78 is 65.8. The summed E-state index contributed by atoms with van der Waals surface area (Å²) in [5.74, 6) is -1.42. The summed E-state index contributed by atoms with van der Waals surface area (Å²) in [6.45, 7) is 1.98. The highest BCUT2D eigenvalue weighted by Crippen LogP contribution is 2.35. The third-order valence-corrected chi connectivity index (χ3v) is 7.79. The lowest BCUT2D eigenvalue weighted by Gasteiger charge is -2.34. The fourth-order valence-corrected chi connectivity index (χ4v) is 5.46. The Morgan fingerprint density at radius 1 is 1.03 bits per heavy atom. The summed E-state index contributed by atoms with van der Waals surface area (Å²) in [5, 5.41) is 8.54. The lowest BCUT2D eigenvalue weighted by Crippen LogP contribution is -2.50. The second-order valence-electron chi connectivity index (χ2n) is 7.93. The smallest absolute Gasteiger partial charge is 0.417 e. The van der Waals surface area contributed by atoms with Crippen LogP contribution >= 0.6 is 11.6 Å². The van der Waals surface area contributed by atoms with Gasteiger partial charge < -0.3 is 10.0 Å². The molecule has 0 bridgehead atoms. The minimum atomic E-state index is -4.59. The number of nitrogens with zero attached hydrogens (tertiary/aromatic N) is 2. The molecular formula is C22H22ClF3N2O5S. The Morgan fingerprint density at radius 2 is 1.68 bits per heavy atom. The summed E-state index contributed by atoms with van der Waals surface area (Å²) in [5.41, 5.74) is 0.410. The van der Waals surface area contributed by atoms with Crippen LogP contribution in [-0.4, -0.2) is 60.8 Å². The highest BCUT2D eigenvalue weighted by molar-refractivity contribution is 7.89. The van der Waals surface area contributed by atoms with E-state index < -0.39 is 32.8 Å². The molecule has 0 radical (unpaired) electrons. The quantitative estimate of drug-likeness (QED) is 0.632. The maximum absolute atomic E-state index is 13.0. The van der Waals surface area contributed by atoms with Crippen molar-refractivity contribution in [1.29, 1.82) is 0 Å². The number of aliphatic carboxylic acids is 1.